The molecule has 0 spiro atoms. The van der Waals surface area contributed by atoms with Gasteiger partial charge in [-0.2, -0.15) is 0 Å². The molecule has 5 heteroatoms. The van der Waals surface area contributed by atoms with Gasteiger partial charge in [-0.05, 0) is 49.8 Å². The molecule has 0 aromatic heterocycles. The number of carbonyl (C=O) groups is 2. The van der Waals surface area contributed by atoms with Crippen molar-refractivity contribution in [1.29, 1.82) is 0 Å². The molecule has 0 aromatic rings. The van der Waals surface area contributed by atoms with Crippen LogP contribution in [0.4, 0.5) is 4.79 Å². The molecule has 0 saturated heterocycles. The van der Waals surface area contributed by atoms with Crippen LogP contribution in [0.2, 0.25) is 0 Å². The van der Waals surface area contributed by atoms with E-state index in [2.05, 4.69) is 0 Å². The Morgan fingerprint density at radius 2 is 2.12 bits per heavy atom. The van der Waals surface area contributed by atoms with Crippen LogP contribution in [-0.2, 0) is 9.53 Å². The van der Waals surface area contributed by atoms with Gasteiger partial charge in [0.2, 0.25) is 0 Å². The van der Waals surface area contributed by atoms with E-state index in [1.54, 1.807) is 6.26 Å². The predicted molar refractivity (Wildman–Crippen MR) is 62.5 cm³/mol. The van der Waals surface area contributed by atoms with Crippen LogP contribution in [0.3, 0.4) is 0 Å². The average Bonchev–Trinajstić information content (AvgIpc) is 2.21. The summed E-state index contributed by atoms with van der Waals surface area (Å²) in [6, 6.07) is 0. The molecule has 2 unspecified atom stereocenters. The van der Waals surface area contributed by atoms with Gasteiger partial charge in [0, 0.05) is 0 Å². The van der Waals surface area contributed by atoms with Crippen LogP contribution >= 0.6 is 11.8 Å². The third kappa shape index (κ3) is 4.26. The van der Waals surface area contributed by atoms with Crippen LogP contribution in [0.25, 0.3) is 0 Å². The van der Waals surface area contributed by atoms with Crippen molar-refractivity contribution in [3.05, 3.63) is 12.2 Å². The van der Waals surface area contributed by atoms with Gasteiger partial charge in [0.15, 0.2) is 0 Å². The Kier molecular flexibility index (Phi) is 5.38. The fourth-order valence-corrected chi connectivity index (χ4v) is 1.89. The molecule has 1 aliphatic carbocycles. The van der Waals surface area contributed by atoms with Crippen molar-refractivity contribution in [2.45, 2.75) is 31.8 Å². The standard InChI is InChI=1S/C11H16O4S/c1-16-11(14)15-9-5-3-2-4-8(6-7-9)10(12)13/h3,5,8-9H,2,4,6-7H2,1H3,(H,12,13)/b5-3+. The molecule has 2 atom stereocenters. The summed E-state index contributed by atoms with van der Waals surface area (Å²) in [5.74, 6) is -1.08. The molecule has 0 fully saturated rings. The van der Waals surface area contributed by atoms with Crippen LogP contribution in [0.5, 0.6) is 0 Å². The molecule has 0 heterocycles. The summed E-state index contributed by atoms with van der Waals surface area (Å²) < 4.78 is 5.15. The van der Waals surface area contributed by atoms with Crippen LogP contribution in [0, 0.1) is 5.92 Å². The third-order valence-corrected chi connectivity index (χ3v) is 3.03. The van der Waals surface area contributed by atoms with E-state index < -0.39 is 5.97 Å². The first-order valence-corrected chi connectivity index (χ1v) is 6.50. The van der Waals surface area contributed by atoms with Crippen molar-refractivity contribution in [2.24, 2.45) is 5.92 Å². The summed E-state index contributed by atoms with van der Waals surface area (Å²) in [4.78, 5) is 22.0. The lowest BCUT2D eigenvalue weighted by atomic mass is 9.93. The van der Waals surface area contributed by atoms with Crippen molar-refractivity contribution in [2.75, 3.05) is 6.26 Å². The van der Waals surface area contributed by atoms with E-state index in [4.69, 9.17) is 9.84 Å². The quantitative estimate of drug-likeness (QED) is 0.597. The van der Waals surface area contributed by atoms with Gasteiger partial charge in [0.05, 0.1) is 5.92 Å². The van der Waals surface area contributed by atoms with Gasteiger partial charge in [-0.25, -0.2) is 4.79 Å². The van der Waals surface area contributed by atoms with Gasteiger partial charge in [0.25, 0.3) is 0 Å². The number of hydrogen-bond donors (Lipinski definition) is 1. The summed E-state index contributed by atoms with van der Waals surface area (Å²) in [7, 11) is 0. The molecule has 0 aromatic carbocycles. The first kappa shape index (κ1) is 13.1. The number of thioether (sulfide) groups is 1. The van der Waals surface area contributed by atoms with Crippen molar-refractivity contribution in [1.82, 2.24) is 0 Å². The monoisotopic (exact) mass is 244 g/mol. The van der Waals surface area contributed by atoms with Gasteiger partial charge in [-0.15, -0.1) is 0 Å². The second-order valence-electron chi connectivity index (χ2n) is 3.73. The average molecular weight is 244 g/mol. The normalized spacial score (nSPS) is 27.6. The molecule has 0 radical (unpaired) electrons. The Bertz CT molecular complexity index is 288. The van der Waals surface area contributed by atoms with Crippen LogP contribution in [0.1, 0.15) is 25.7 Å². The Labute approximate surface area is 99.0 Å². The molecule has 4 nitrogen and oxygen atoms in total. The van der Waals surface area contributed by atoms with Gasteiger partial charge < -0.3 is 9.84 Å². The largest absolute Gasteiger partial charge is 0.481 e. The SMILES string of the molecule is CSC(=O)OC1/C=C/CCC(C(=O)O)CC1. The molecule has 0 bridgehead atoms. The number of hydrogen-bond acceptors (Lipinski definition) is 4. The second-order valence-corrected chi connectivity index (χ2v) is 4.47. The van der Waals surface area contributed by atoms with E-state index in [1.807, 2.05) is 12.2 Å². The molecule has 1 aliphatic rings. The van der Waals surface area contributed by atoms with Crippen molar-refractivity contribution >= 4 is 23.0 Å². The summed E-state index contributed by atoms with van der Waals surface area (Å²) in [6.07, 6.45) is 7.67. The lowest BCUT2D eigenvalue weighted by Crippen LogP contribution is -2.20. The van der Waals surface area contributed by atoms with Crippen molar-refractivity contribution < 1.29 is 19.4 Å². The first-order chi connectivity index (χ1) is 7.63. The molecule has 16 heavy (non-hydrogen) atoms. The highest BCUT2D eigenvalue weighted by Gasteiger charge is 2.21. The Morgan fingerprint density at radius 1 is 1.38 bits per heavy atom. The van der Waals surface area contributed by atoms with Crippen molar-refractivity contribution in [3.8, 4) is 0 Å². The van der Waals surface area contributed by atoms with Crippen LogP contribution < -0.4 is 0 Å². The van der Waals surface area contributed by atoms with Gasteiger partial charge in [-0.1, -0.05) is 6.08 Å². The number of aliphatic carboxylic acids is 1. The topological polar surface area (TPSA) is 63.6 Å². The van der Waals surface area contributed by atoms with E-state index in [0.717, 1.165) is 18.2 Å². The lowest BCUT2D eigenvalue weighted by Gasteiger charge is -2.19. The van der Waals surface area contributed by atoms with Gasteiger partial charge >= 0.3 is 11.3 Å². The number of rotatable bonds is 2. The highest BCUT2D eigenvalue weighted by molar-refractivity contribution is 8.12. The number of carbonyl (C=O) groups excluding carboxylic acids is 1. The summed E-state index contributed by atoms with van der Waals surface area (Å²) >= 11 is 1.03. The van der Waals surface area contributed by atoms with Crippen LogP contribution in [0.15, 0.2) is 12.2 Å². The minimum absolute atomic E-state index is 0.276. The zero-order chi connectivity index (χ0) is 12.0. The smallest absolute Gasteiger partial charge is 0.367 e. The Morgan fingerprint density at radius 3 is 2.75 bits per heavy atom. The summed E-state index contributed by atoms with van der Waals surface area (Å²) in [6.45, 7) is 0. The maximum Gasteiger partial charge on any atom is 0.367 e. The highest BCUT2D eigenvalue weighted by atomic mass is 32.2. The fourth-order valence-electron chi connectivity index (χ4n) is 1.67. The maximum atomic E-state index is 11.1. The number of allylic oxidation sites excluding steroid dienone is 1. The number of carboxylic acids is 1. The molecule has 0 aliphatic heterocycles. The van der Waals surface area contributed by atoms with E-state index >= 15 is 0 Å². The Hall–Kier alpha value is -0.970. The van der Waals surface area contributed by atoms with E-state index in [1.165, 1.54) is 0 Å². The molecule has 1 N–H and O–H groups in total. The van der Waals surface area contributed by atoms with E-state index in [9.17, 15) is 9.59 Å². The number of carboxylic acid groups (broad SMARTS) is 1. The van der Waals surface area contributed by atoms with E-state index in [-0.39, 0.29) is 17.3 Å². The predicted octanol–water partition coefficient (Wildman–Crippen LogP) is 2.69. The molecule has 90 valence electrons. The minimum Gasteiger partial charge on any atom is -0.481 e. The molecule has 1 rings (SSSR count). The van der Waals surface area contributed by atoms with Gasteiger partial charge in [0.1, 0.15) is 6.10 Å². The maximum absolute atomic E-state index is 11.1. The highest BCUT2D eigenvalue weighted by Crippen LogP contribution is 2.21. The van der Waals surface area contributed by atoms with Crippen molar-refractivity contribution in [3.63, 3.8) is 0 Å². The van der Waals surface area contributed by atoms with Crippen LogP contribution in [-0.4, -0.2) is 28.7 Å². The second kappa shape index (κ2) is 6.58. The first-order valence-electron chi connectivity index (χ1n) is 5.27. The van der Waals surface area contributed by atoms with Gasteiger partial charge in [-0.3, -0.25) is 4.79 Å². The Balaban J connectivity index is 2.51. The third-order valence-electron chi connectivity index (χ3n) is 2.60. The summed E-state index contributed by atoms with van der Waals surface area (Å²) in [5, 5.41) is 8.62. The molecule has 0 amide bonds. The zero-order valence-corrected chi connectivity index (χ0v) is 10.0. The minimum atomic E-state index is -0.759. The zero-order valence-electron chi connectivity index (χ0n) is 9.22. The number of ether oxygens (including phenoxy) is 1. The molecular formula is C11H16O4S. The molecular weight excluding hydrogens is 228 g/mol. The fraction of sp³-hybridized carbons (Fsp3) is 0.636. The summed E-state index contributed by atoms with van der Waals surface area (Å²) in [5.41, 5.74) is 0. The van der Waals surface area contributed by atoms with E-state index in [0.29, 0.717) is 19.3 Å². The lowest BCUT2D eigenvalue weighted by molar-refractivity contribution is -0.142. The molecule has 0 saturated carbocycles.